The minimum absolute atomic E-state index is 0.0161. The lowest BCUT2D eigenvalue weighted by atomic mass is 10.0. The minimum atomic E-state index is -0.0161. The van der Waals surface area contributed by atoms with Crippen molar-refractivity contribution >= 4 is 38.9 Å². The number of nitrogens with one attached hydrogen (secondary N) is 1. The fraction of sp³-hybridized carbons (Fsp3) is 0.188. The Balaban J connectivity index is 2.12. The smallest absolute Gasteiger partial charge is 0.196 e. The van der Waals surface area contributed by atoms with Crippen molar-refractivity contribution in [1.29, 1.82) is 0 Å². The highest BCUT2D eigenvalue weighted by atomic mass is 35.5. The third-order valence-electron chi connectivity index (χ3n) is 3.37. The van der Waals surface area contributed by atoms with Crippen molar-refractivity contribution in [1.82, 2.24) is 4.98 Å². The first-order chi connectivity index (χ1) is 9.72. The van der Waals surface area contributed by atoms with Gasteiger partial charge in [0.15, 0.2) is 5.78 Å². The van der Waals surface area contributed by atoms with Crippen molar-refractivity contribution in [3.05, 3.63) is 57.6 Å². The summed E-state index contributed by atoms with van der Waals surface area (Å²) >= 11 is 7.78. The van der Waals surface area contributed by atoms with Gasteiger partial charge in [-0.2, -0.15) is 0 Å². The van der Waals surface area contributed by atoms with Gasteiger partial charge in [-0.05, 0) is 29.5 Å². The SMILES string of the molecule is CCCc1csc2[nH]cc(C(=O)c3ccccc3Cl)c12. The lowest BCUT2D eigenvalue weighted by molar-refractivity contribution is 0.104. The Morgan fingerprint density at radius 3 is 2.85 bits per heavy atom. The van der Waals surface area contributed by atoms with Crippen LogP contribution in [0.15, 0.2) is 35.8 Å². The van der Waals surface area contributed by atoms with E-state index in [2.05, 4.69) is 17.3 Å². The maximum atomic E-state index is 12.7. The van der Waals surface area contributed by atoms with Crippen LogP contribution in [0.2, 0.25) is 5.02 Å². The zero-order chi connectivity index (χ0) is 14.1. The number of carbonyl (C=O) groups excluding carboxylic acids is 1. The molecule has 1 aromatic carbocycles. The lowest BCUT2D eigenvalue weighted by Gasteiger charge is -2.03. The van der Waals surface area contributed by atoms with Crippen LogP contribution in [0.3, 0.4) is 0 Å². The quantitative estimate of drug-likeness (QED) is 0.671. The van der Waals surface area contributed by atoms with Gasteiger partial charge in [-0.15, -0.1) is 11.3 Å². The highest BCUT2D eigenvalue weighted by Crippen LogP contribution is 2.31. The van der Waals surface area contributed by atoms with Gasteiger partial charge in [0.2, 0.25) is 0 Å². The number of fused-ring (bicyclic) bond motifs is 1. The van der Waals surface area contributed by atoms with E-state index in [1.807, 2.05) is 12.1 Å². The molecule has 0 radical (unpaired) electrons. The first-order valence-electron chi connectivity index (χ1n) is 6.59. The Bertz CT molecular complexity index is 772. The molecule has 0 unspecified atom stereocenters. The number of aromatic amines is 1. The van der Waals surface area contributed by atoms with E-state index in [0.29, 0.717) is 10.6 Å². The van der Waals surface area contributed by atoms with E-state index in [-0.39, 0.29) is 5.78 Å². The van der Waals surface area contributed by atoms with Crippen LogP contribution in [0.25, 0.3) is 10.2 Å². The van der Waals surface area contributed by atoms with E-state index in [9.17, 15) is 4.79 Å². The number of hydrogen-bond donors (Lipinski definition) is 1. The maximum Gasteiger partial charge on any atom is 0.196 e. The van der Waals surface area contributed by atoms with E-state index in [1.54, 1.807) is 29.7 Å². The number of carbonyl (C=O) groups is 1. The van der Waals surface area contributed by atoms with Crippen molar-refractivity contribution in [3.63, 3.8) is 0 Å². The standard InChI is InChI=1S/C16H14ClNOS/c1-2-5-10-9-20-16-14(10)12(8-18-16)15(19)11-6-3-4-7-13(11)17/h3-4,6-9,18H,2,5H2,1H3. The number of thiophene rings is 1. The van der Waals surface area contributed by atoms with Gasteiger partial charge in [-0.25, -0.2) is 0 Å². The Labute approximate surface area is 126 Å². The molecule has 3 rings (SSSR count). The summed E-state index contributed by atoms with van der Waals surface area (Å²) in [6.07, 6.45) is 3.85. The molecule has 2 heterocycles. The average molecular weight is 304 g/mol. The molecule has 0 saturated carbocycles. The van der Waals surface area contributed by atoms with E-state index in [1.165, 1.54) is 5.56 Å². The van der Waals surface area contributed by atoms with Crippen LogP contribution in [-0.2, 0) is 6.42 Å². The first-order valence-corrected chi connectivity index (χ1v) is 7.84. The zero-order valence-electron chi connectivity index (χ0n) is 11.1. The van der Waals surface area contributed by atoms with Crippen LogP contribution in [0, 0.1) is 0 Å². The monoisotopic (exact) mass is 303 g/mol. The summed E-state index contributed by atoms with van der Waals surface area (Å²) in [5.74, 6) is -0.0161. The molecule has 0 aliphatic rings. The number of ketones is 1. The molecule has 3 aromatic rings. The van der Waals surface area contributed by atoms with Gasteiger partial charge in [0, 0.05) is 22.7 Å². The Morgan fingerprint density at radius 2 is 2.10 bits per heavy atom. The molecule has 20 heavy (non-hydrogen) atoms. The number of hydrogen-bond acceptors (Lipinski definition) is 2. The fourth-order valence-corrected chi connectivity index (χ4v) is 3.63. The molecule has 0 aliphatic carbocycles. The van der Waals surface area contributed by atoms with Crippen molar-refractivity contribution in [3.8, 4) is 0 Å². The molecule has 0 fully saturated rings. The number of H-pyrrole nitrogens is 1. The third-order valence-corrected chi connectivity index (χ3v) is 4.66. The minimum Gasteiger partial charge on any atom is -0.352 e. The molecule has 0 aliphatic heterocycles. The first kappa shape index (κ1) is 13.4. The van der Waals surface area contributed by atoms with Gasteiger partial charge in [-0.1, -0.05) is 37.1 Å². The second-order valence-electron chi connectivity index (χ2n) is 4.73. The summed E-state index contributed by atoms with van der Waals surface area (Å²) in [5, 5.41) is 3.69. The molecule has 4 heteroatoms. The molecule has 102 valence electrons. The summed E-state index contributed by atoms with van der Waals surface area (Å²) in [6.45, 7) is 2.14. The molecular formula is C16H14ClNOS. The molecule has 0 bridgehead atoms. The number of halogens is 1. The molecule has 0 spiro atoms. The summed E-state index contributed by atoms with van der Waals surface area (Å²) in [6, 6.07) is 7.19. The topological polar surface area (TPSA) is 32.9 Å². The summed E-state index contributed by atoms with van der Waals surface area (Å²) in [4.78, 5) is 16.9. The van der Waals surface area contributed by atoms with Crippen molar-refractivity contribution in [2.24, 2.45) is 0 Å². The van der Waals surface area contributed by atoms with Gasteiger partial charge in [0.1, 0.15) is 4.83 Å². The van der Waals surface area contributed by atoms with E-state index in [0.717, 1.165) is 28.6 Å². The van der Waals surface area contributed by atoms with Crippen molar-refractivity contribution < 1.29 is 4.79 Å². The highest BCUT2D eigenvalue weighted by Gasteiger charge is 2.19. The van der Waals surface area contributed by atoms with Crippen LogP contribution in [0.5, 0.6) is 0 Å². The van der Waals surface area contributed by atoms with Gasteiger partial charge in [0.25, 0.3) is 0 Å². The fourth-order valence-electron chi connectivity index (χ4n) is 2.43. The molecule has 2 aromatic heterocycles. The van der Waals surface area contributed by atoms with Crippen LogP contribution < -0.4 is 0 Å². The zero-order valence-corrected chi connectivity index (χ0v) is 12.6. The largest absolute Gasteiger partial charge is 0.352 e. The summed E-state index contributed by atoms with van der Waals surface area (Å²) in [5.41, 5.74) is 2.52. The second kappa shape index (κ2) is 5.43. The summed E-state index contributed by atoms with van der Waals surface area (Å²) in [7, 11) is 0. The Morgan fingerprint density at radius 1 is 1.30 bits per heavy atom. The Hall–Kier alpha value is -1.58. The van der Waals surface area contributed by atoms with Gasteiger partial charge in [0.05, 0.1) is 5.02 Å². The van der Waals surface area contributed by atoms with E-state index >= 15 is 0 Å². The van der Waals surface area contributed by atoms with Crippen LogP contribution in [-0.4, -0.2) is 10.8 Å². The van der Waals surface area contributed by atoms with Crippen molar-refractivity contribution in [2.45, 2.75) is 19.8 Å². The van der Waals surface area contributed by atoms with E-state index < -0.39 is 0 Å². The third kappa shape index (κ3) is 2.17. The van der Waals surface area contributed by atoms with Gasteiger partial charge < -0.3 is 4.98 Å². The molecule has 2 nitrogen and oxygen atoms in total. The predicted molar refractivity (Wildman–Crippen MR) is 85.1 cm³/mol. The van der Waals surface area contributed by atoms with Gasteiger partial charge >= 0.3 is 0 Å². The molecule has 0 saturated heterocycles. The molecular weight excluding hydrogens is 290 g/mol. The predicted octanol–water partition coefficient (Wildman–Crippen LogP) is 5.07. The number of benzene rings is 1. The molecule has 0 amide bonds. The van der Waals surface area contributed by atoms with Crippen molar-refractivity contribution in [2.75, 3.05) is 0 Å². The van der Waals surface area contributed by atoms with Crippen LogP contribution in [0.4, 0.5) is 0 Å². The van der Waals surface area contributed by atoms with Crippen LogP contribution in [0.1, 0.15) is 34.8 Å². The second-order valence-corrected chi connectivity index (χ2v) is 6.01. The van der Waals surface area contributed by atoms with E-state index in [4.69, 9.17) is 11.6 Å². The lowest BCUT2D eigenvalue weighted by Crippen LogP contribution is -2.01. The number of aromatic nitrogens is 1. The molecule has 0 atom stereocenters. The highest BCUT2D eigenvalue weighted by molar-refractivity contribution is 7.17. The maximum absolute atomic E-state index is 12.7. The Kier molecular flexibility index (Phi) is 3.64. The number of rotatable bonds is 4. The normalized spacial score (nSPS) is 11.1. The summed E-state index contributed by atoms with van der Waals surface area (Å²) < 4.78 is 0. The van der Waals surface area contributed by atoms with Crippen LogP contribution >= 0.6 is 22.9 Å². The average Bonchev–Trinajstić information content (AvgIpc) is 3.02. The molecule has 1 N–H and O–H groups in total. The van der Waals surface area contributed by atoms with Gasteiger partial charge in [-0.3, -0.25) is 4.79 Å². The number of aryl methyl sites for hydroxylation is 1.